The summed E-state index contributed by atoms with van der Waals surface area (Å²) >= 11 is 1.48. The number of amides is 1. The second-order valence-corrected chi connectivity index (χ2v) is 8.31. The first kappa shape index (κ1) is 18.7. The summed E-state index contributed by atoms with van der Waals surface area (Å²) in [6.07, 6.45) is 4.68. The van der Waals surface area contributed by atoms with Crippen molar-refractivity contribution in [1.82, 2.24) is 14.5 Å². The Bertz CT molecular complexity index is 1140. The van der Waals surface area contributed by atoms with E-state index in [2.05, 4.69) is 5.32 Å². The minimum atomic E-state index is -0.429. The van der Waals surface area contributed by atoms with E-state index >= 15 is 0 Å². The molecular formula is C21H23N3O3S. The van der Waals surface area contributed by atoms with Crippen molar-refractivity contribution in [2.75, 3.05) is 6.54 Å². The third kappa shape index (κ3) is 3.42. The minimum Gasteiger partial charge on any atom is -0.354 e. The summed E-state index contributed by atoms with van der Waals surface area (Å²) < 4.78 is 3.18. The van der Waals surface area contributed by atoms with Crippen molar-refractivity contribution in [2.24, 2.45) is 7.05 Å². The highest BCUT2D eigenvalue weighted by Gasteiger charge is 2.23. The molecule has 0 aliphatic heterocycles. The van der Waals surface area contributed by atoms with Crippen LogP contribution in [0.3, 0.4) is 0 Å². The van der Waals surface area contributed by atoms with Crippen molar-refractivity contribution in [3.05, 3.63) is 67.2 Å². The number of nitrogens with zero attached hydrogens (tertiary/aromatic N) is 2. The highest BCUT2D eigenvalue weighted by atomic mass is 32.1. The standard InChI is InChI=1S/C21H23N3O3S/c1-23-20(26)19-18(15-9-5-6-10-16(15)28-19)24(21(23)27)13-17(25)22-12-11-14-7-3-2-4-8-14/h2-4,7-8H,5-6,9-13H2,1H3,(H,22,25). The lowest BCUT2D eigenvalue weighted by Crippen LogP contribution is -2.41. The maximum absolute atomic E-state index is 12.8. The summed E-state index contributed by atoms with van der Waals surface area (Å²) in [5, 5.41) is 2.90. The van der Waals surface area contributed by atoms with E-state index in [4.69, 9.17) is 0 Å². The van der Waals surface area contributed by atoms with Crippen LogP contribution in [0.2, 0.25) is 0 Å². The average molecular weight is 398 g/mol. The molecule has 28 heavy (non-hydrogen) atoms. The number of aromatic nitrogens is 2. The number of carbonyl (C=O) groups is 1. The fraction of sp³-hybridized carbons (Fsp3) is 0.381. The lowest BCUT2D eigenvalue weighted by atomic mass is 9.98. The summed E-state index contributed by atoms with van der Waals surface area (Å²) in [5.74, 6) is -0.214. The number of rotatable bonds is 5. The Kier molecular flexibility index (Phi) is 5.17. The van der Waals surface area contributed by atoms with Crippen molar-refractivity contribution < 1.29 is 4.79 Å². The fourth-order valence-corrected chi connectivity index (χ4v) is 5.20. The molecule has 1 aliphatic carbocycles. The molecule has 0 saturated carbocycles. The Morgan fingerprint density at radius 1 is 1.14 bits per heavy atom. The predicted octanol–water partition coefficient (Wildman–Crippen LogP) is 2.00. The number of benzene rings is 1. The molecule has 0 radical (unpaired) electrons. The monoisotopic (exact) mass is 397 g/mol. The smallest absolute Gasteiger partial charge is 0.331 e. The van der Waals surface area contributed by atoms with Crippen LogP contribution in [-0.2, 0) is 37.6 Å². The highest BCUT2D eigenvalue weighted by Crippen LogP contribution is 2.34. The van der Waals surface area contributed by atoms with E-state index in [-0.39, 0.29) is 18.0 Å². The maximum Gasteiger partial charge on any atom is 0.331 e. The van der Waals surface area contributed by atoms with Gasteiger partial charge in [0, 0.05) is 18.5 Å². The molecule has 2 heterocycles. The molecule has 1 amide bonds. The molecule has 1 N–H and O–H groups in total. The Morgan fingerprint density at radius 2 is 1.89 bits per heavy atom. The zero-order valence-electron chi connectivity index (χ0n) is 15.9. The van der Waals surface area contributed by atoms with Crippen molar-refractivity contribution in [2.45, 2.75) is 38.6 Å². The van der Waals surface area contributed by atoms with Crippen LogP contribution in [0.25, 0.3) is 10.2 Å². The third-order valence-corrected chi connectivity index (χ3v) is 6.58. The molecule has 0 bridgehead atoms. The molecule has 0 saturated heterocycles. The SMILES string of the molecule is Cn1c(=O)c2sc3c(c2n(CC(=O)NCCc2ccccc2)c1=O)CCCC3. The van der Waals surface area contributed by atoms with Crippen LogP contribution in [0.4, 0.5) is 0 Å². The Morgan fingerprint density at radius 3 is 2.68 bits per heavy atom. The van der Waals surface area contributed by atoms with Crippen LogP contribution in [0.1, 0.15) is 28.8 Å². The molecule has 3 aromatic rings. The van der Waals surface area contributed by atoms with Crippen molar-refractivity contribution in [1.29, 1.82) is 0 Å². The van der Waals surface area contributed by atoms with Crippen LogP contribution in [0.15, 0.2) is 39.9 Å². The number of hydrogen-bond donors (Lipinski definition) is 1. The molecule has 7 heteroatoms. The first-order valence-electron chi connectivity index (χ1n) is 9.61. The predicted molar refractivity (Wildman–Crippen MR) is 111 cm³/mol. The average Bonchev–Trinajstić information content (AvgIpc) is 3.10. The van der Waals surface area contributed by atoms with E-state index in [1.54, 1.807) is 0 Å². The van der Waals surface area contributed by atoms with Gasteiger partial charge in [0.05, 0.1) is 5.52 Å². The largest absolute Gasteiger partial charge is 0.354 e. The fourth-order valence-electron chi connectivity index (χ4n) is 3.83. The first-order valence-corrected chi connectivity index (χ1v) is 10.4. The topological polar surface area (TPSA) is 73.1 Å². The van der Waals surface area contributed by atoms with Gasteiger partial charge in [0.25, 0.3) is 5.56 Å². The molecule has 2 aromatic heterocycles. The first-order chi connectivity index (χ1) is 13.6. The minimum absolute atomic E-state index is 0.0680. The summed E-state index contributed by atoms with van der Waals surface area (Å²) in [5.41, 5.74) is 2.21. The lowest BCUT2D eigenvalue weighted by Gasteiger charge is -2.14. The molecule has 0 fully saturated rings. The van der Waals surface area contributed by atoms with Crippen LogP contribution >= 0.6 is 11.3 Å². The Balaban J connectivity index is 1.61. The quantitative estimate of drug-likeness (QED) is 0.716. The zero-order chi connectivity index (χ0) is 19.7. The lowest BCUT2D eigenvalue weighted by molar-refractivity contribution is -0.121. The molecular weight excluding hydrogens is 374 g/mol. The molecule has 1 aromatic carbocycles. The van der Waals surface area contributed by atoms with E-state index in [0.29, 0.717) is 16.8 Å². The van der Waals surface area contributed by atoms with E-state index in [1.807, 2.05) is 30.3 Å². The number of carbonyl (C=O) groups excluding carboxylic acids is 1. The van der Waals surface area contributed by atoms with Crippen LogP contribution in [0.5, 0.6) is 0 Å². The molecule has 0 unspecified atom stereocenters. The summed E-state index contributed by atoms with van der Waals surface area (Å²) in [7, 11) is 1.48. The number of nitrogens with one attached hydrogen (secondary N) is 1. The van der Waals surface area contributed by atoms with Gasteiger partial charge < -0.3 is 5.32 Å². The van der Waals surface area contributed by atoms with Gasteiger partial charge in [-0.3, -0.25) is 18.7 Å². The van der Waals surface area contributed by atoms with Gasteiger partial charge in [-0.1, -0.05) is 30.3 Å². The van der Waals surface area contributed by atoms with E-state index in [1.165, 1.54) is 27.8 Å². The van der Waals surface area contributed by atoms with Crippen molar-refractivity contribution >= 4 is 27.5 Å². The van der Waals surface area contributed by atoms with Gasteiger partial charge in [-0.05, 0) is 43.2 Å². The number of fused-ring (bicyclic) bond motifs is 3. The second kappa shape index (κ2) is 7.75. The molecule has 146 valence electrons. The molecule has 0 spiro atoms. The summed E-state index contributed by atoms with van der Waals surface area (Å²) in [4.78, 5) is 39.1. The summed E-state index contributed by atoms with van der Waals surface area (Å²) in [6, 6.07) is 9.94. The Hall–Kier alpha value is -2.67. The van der Waals surface area contributed by atoms with Gasteiger partial charge in [0.15, 0.2) is 0 Å². The van der Waals surface area contributed by atoms with Crippen LogP contribution < -0.4 is 16.6 Å². The van der Waals surface area contributed by atoms with Gasteiger partial charge in [0.1, 0.15) is 11.2 Å². The molecule has 6 nitrogen and oxygen atoms in total. The van der Waals surface area contributed by atoms with Crippen molar-refractivity contribution in [3.63, 3.8) is 0 Å². The van der Waals surface area contributed by atoms with Gasteiger partial charge in [-0.15, -0.1) is 11.3 Å². The van der Waals surface area contributed by atoms with Gasteiger partial charge >= 0.3 is 5.69 Å². The molecule has 4 rings (SSSR count). The molecule has 1 aliphatic rings. The molecule has 0 atom stereocenters. The normalized spacial score (nSPS) is 13.5. The van der Waals surface area contributed by atoms with Gasteiger partial charge in [0.2, 0.25) is 5.91 Å². The number of thiophene rings is 1. The maximum atomic E-state index is 12.8. The van der Waals surface area contributed by atoms with Gasteiger partial charge in [-0.25, -0.2) is 4.79 Å². The van der Waals surface area contributed by atoms with Crippen LogP contribution in [0, 0.1) is 0 Å². The van der Waals surface area contributed by atoms with E-state index < -0.39 is 5.69 Å². The van der Waals surface area contributed by atoms with E-state index in [9.17, 15) is 14.4 Å². The van der Waals surface area contributed by atoms with E-state index in [0.717, 1.165) is 47.8 Å². The second-order valence-electron chi connectivity index (χ2n) is 7.21. The van der Waals surface area contributed by atoms with Crippen molar-refractivity contribution in [3.8, 4) is 0 Å². The van der Waals surface area contributed by atoms with Gasteiger partial charge in [-0.2, -0.15) is 0 Å². The number of aryl methyl sites for hydroxylation is 2. The Labute approximate surface area is 166 Å². The van der Waals surface area contributed by atoms with Crippen LogP contribution in [-0.4, -0.2) is 21.6 Å². The number of hydrogen-bond acceptors (Lipinski definition) is 4. The summed E-state index contributed by atoms with van der Waals surface area (Å²) in [6.45, 7) is 0.440. The zero-order valence-corrected chi connectivity index (χ0v) is 16.7. The highest BCUT2D eigenvalue weighted by molar-refractivity contribution is 7.19. The third-order valence-electron chi connectivity index (χ3n) is 5.31.